The van der Waals surface area contributed by atoms with Gasteiger partial charge in [0.2, 0.25) is 15.9 Å². The predicted octanol–water partition coefficient (Wildman–Crippen LogP) is 2.21. The Labute approximate surface area is 152 Å². The van der Waals surface area contributed by atoms with Crippen LogP contribution < -0.4 is 15.8 Å². The van der Waals surface area contributed by atoms with E-state index in [1.54, 1.807) is 26.0 Å². The van der Waals surface area contributed by atoms with E-state index in [1.807, 2.05) is 0 Å². The number of carbonyl (C=O) groups excluding carboxylic acids is 1. The van der Waals surface area contributed by atoms with Gasteiger partial charge in [0, 0.05) is 25.2 Å². The number of nitrogens with two attached hydrogens (primary N) is 1. The van der Waals surface area contributed by atoms with E-state index in [2.05, 4.69) is 10.6 Å². The molecule has 0 bridgehead atoms. The molecule has 2 rings (SSSR count). The normalized spacial score (nSPS) is 11.4. The summed E-state index contributed by atoms with van der Waals surface area (Å²) in [5.74, 6) is -0.616. The Morgan fingerprint density at radius 2 is 1.85 bits per heavy atom. The van der Waals surface area contributed by atoms with Gasteiger partial charge in [-0.05, 0) is 54.8 Å². The monoisotopic (exact) mass is 379 g/mol. The lowest BCUT2D eigenvalue weighted by Crippen LogP contribution is -2.22. The molecule has 26 heavy (non-hydrogen) atoms. The highest BCUT2D eigenvalue weighted by molar-refractivity contribution is 7.89. The molecular formula is C18H22FN3O3S. The van der Waals surface area contributed by atoms with E-state index in [1.165, 1.54) is 24.3 Å². The highest BCUT2D eigenvalue weighted by atomic mass is 32.2. The number of amides is 1. The van der Waals surface area contributed by atoms with Crippen molar-refractivity contribution < 1.29 is 17.6 Å². The van der Waals surface area contributed by atoms with Gasteiger partial charge in [-0.3, -0.25) is 4.79 Å². The molecule has 0 radical (unpaired) electrons. The Morgan fingerprint density at radius 3 is 2.50 bits per heavy atom. The quantitative estimate of drug-likeness (QED) is 0.642. The summed E-state index contributed by atoms with van der Waals surface area (Å²) < 4.78 is 35.9. The number of primary sulfonamides is 1. The topological polar surface area (TPSA) is 101 Å². The van der Waals surface area contributed by atoms with Gasteiger partial charge in [0.15, 0.2) is 0 Å². The molecule has 0 aliphatic carbocycles. The summed E-state index contributed by atoms with van der Waals surface area (Å²) in [4.78, 5) is 12.0. The van der Waals surface area contributed by atoms with Crippen LogP contribution in [0, 0.1) is 19.7 Å². The average molecular weight is 379 g/mol. The lowest BCUT2D eigenvalue weighted by molar-refractivity contribution is -0.116. The van der Waals surface area contributed by atoms with Gasteiger partial charge in [0.25, 0.3) is 0 Å². The Kier molecular flexibility index (Phi) is 6.47. The van der Waals surface area contributed by atoms with Crippen LogP contribution in [0.5, 0.6) is 0 Å². The molecule has 0 saturated heterocycles. The summed E-state index contributed by atoms with van der Waals surface area (Å²) in [6.45, 7) is 4.51. The minimum atomic E-state index is -3.71. The molecule has 2 aromatic rings. The molecular weight excluding hydrogens is 357 g/mol. The summed E-state index contributed by atoms with van der Waals surface area (Å²) in [6, 6.07) is 8.91. The van der Waals surface area contributed by atoms with E-state index in [0.717, 1.165) is 16.7 Å². The first kappa shape index (κ1) is 20.0. The minimum Gasteiger partial charge on any atom is -0.326 e. The maximum absolute atomic E-state index is 13.2. The molecule has 0 fully saturated rings. The fraction of sp³-hybridized carbons (Fsp3) is 0.278. The first-order chi connectivity index (χ1) is 12.2. The number of sulfonamides is 1. The van der Waals surface area contributed by atoms with Crippen molar-refractivity contribution in [2.75, 3.05) is 11.9 Å². The van der Waals surface area contributed by atoms with Crippen LogP contribution in [0.2, 0.25) is 0 Å². The largest absolute Gasteiger partial charge is 0.326 e. The zero-order valence-electron chi connectivity index (χ0n) is 14.7. The zero-order valence-corrected chi connectivity index (χ0v) is 15.5. The average Bonchev–Trinajstić information content (AvgIpc) is 2.55. The molecule has 0 heterocycles. The molecule has 8 heteroatoms. The number of hydrogen-bond donors (Lipinski definition) is 3. The summed E-state index contributed by atoms with van der Waals surface area (Å²) >= 11 is 0. The van der Waals surface area contributed by atoms with E-state index in [9.17, 15) is 17.6 Å². The second-order valence-electron chi connectivity index (χ2n) is 6.07. The van der Waals surface area contributed by atoms with Crippen molar-refractivity contribution in [1.82, 2.24) is 5.32 Å². The Hall–Kier alpha value is -2.29. The van der Waals surface area contributed by atoms with Gasteiger partial charge >= 0.3 is 0 Å². The molecule has 140 valence electrons. The van der Waals surface area contributed by atoms with Crippen LogP contribution >= 0.6 is 0 Å². The van der Waals surface area contributed by atoms with E-state index in [0.29, 0.717) is 18.8 Å². The third-order valence-corrected chi connectivity index (χ3v) is 4.87. The standard InChI is InChI=1S/C18H22FN3O3S/c1-12-3-5-15(19)10-17(12)22-18(23)7-8-21-11-14-4-6-16(9-13(14)2)26(20,24)25/h3-6,9-10,21H,7-8,11H2,1-2H3,(H,22,23)(H2,20,24,25). The molecule has 1 amide bonds. The Bertz CT molecular complexity index is 914. The van der Waals surface area contributed by atoms with Crippen LogP contribution in [0.4, 0.5) is 10.1 Å². The van der Waals surface area contributed by atoms with Gasteiger partial charge in [-0.2, -0.15) is 0 Å². The van der Waals surface area contributed by atoms with Gasteiger partial charge < -0.3 is 10.6 Å². The highest BCUT2D eigenvalue weighted by Crippen LogP contribution is 2.16. The highest BCUT2D eigenvalue weighted by Gasteiger charge is 2.10. The Balaban J connectivity index is 1.83. The molecule has 0 saturated carbocycles. The lowest BCUT2D eigenvalue weighted by atomic mass is 10.1. The van der Waals surface area contributed by atoms with E-state index < -0.39 is 15.8 Å². The molecule has 0 atom stereocenters. The number of aryl methyl sites for hydroxylation is 2. The van der Waals surface area contributed by atoms with Crippen LogP contribution in [-0.2, 0) is 21.4 Å². The molecule has 2 aromatic carbocycles. The number of hydrogen-bond acceptors (Lipinski definition) is 4. The van der Waals surface area contributed by atoms with Crippen LogP contribution in [-0.4, -0.2) is 20.9 Å². The van der Waals surface area contributed by atoms with Gasteiger partial charge in [-0.1, -0.05) is 12.1 Å². The van der Waals surface area contributed by atoms with Crippen LogP contribution in [0.1, 0.15) is 23.1 Å². The van der Waals surface area contributed by atoms with Gasteiger partial charge in [0.05, 0.1) is 4.90 Å². The van der Waals surface area contributed by atoms with Crippen molar-refractivity contribution in [3.63, 3.8) is 0 Å². The second kappa shape index (κ2) is 8.39. The number of halogens is 1. The maximum atomic E-state index is 13.2. The van der Waals surface area contributed by atoms with Crippen molar-refractivity contribution in [2.45, 2.75) is 31.7 Å². The fourth-order valence-electron chi connectivity index (χ4n) is 2.41. The summed E-state index contributed by atoms with van der Waals surface area (Å²) in [6.07, 6.45) is 0.226. The summed E-state index contributed by atoms with van der Waals surface area (Å²) in [5, 5.41) is 10.9. The first-order valence-electron chi connectivity index (χ1n) is 8.06. The van der Waals surface area contributed by atoms with Crippen molar-refractivity contribution in [1.29, 1.82) is 0 Å². The minimum absolute atomic E-state index is 0.0728. The lowest BCUT2D eigenvalue weighted by Gasteiger charge is -2.10. The number of rotatable bonds is 7. The molecule has 0 aliphatic heterocycles. The number of anilines is 1. The van der Waals surface area contributed by atoms with E-state index >= 15 is 0 Å². The van der Waals surface area contributed by atoms with Crippen molar-refractivity contribution >= 4 is 21.6 Å². The molecule has 4 N–H and O–H groups in total. The van der Waals surface area contributed by atoms with Gasteiger partial charge in [0.1, 0.15) is 5.82 Å². The van der Waals surface area contributed by atoms with Crippen LogP contribution in [0.15, 0.2) is 41.3 Å². The molecule has 0 unspecified atom stereocenters. The van der Waals surface area contributed by atoms with E-state index in [4.69, 9.17) is 5.14 Å². The summed E-state index contributed by atoms with van der Waals surface area (Å²) in [5.41, 5.74) is 2.96. The maximum Gasteiger partial charge on any atom is 0.238 e. The summed E-state index contributed by atoms with van der Waals surface area (Å²) in [7, 11) is -3.71. The molecule has 0 aliphatic rings. The predicted molar refractivity (Wildman–Crippen MR) is 98.6 cm³/mol. The first-order valence-corrected chi connectivity index (χ1v) is 9.60. The third kappa shape index (κ3) is 5.62. The number of carbonyl (C=O) groups is 1. The molecule has 0 spiro atoms. The smallest absolute Gasteiger partial charge is 0.238 e. The molecule has 6 nitrogen and oxygen atoms in total. The van der Waals surface area contributed by atoms with Crippen LogP contribution in [0.25, 0.3) is 0 Å². The zero-order chi connectivity index (χ0) is 19.3. The second-order valence-corrected chi connectivity index (χ2v) is 7.63. The van der Waals surface area contributed by atoms with Crippen molar-refractivity contribution in [3.05, 3.63) is 58.9 Å². The van der Waals surface area contributed by atoms with Gasteiger partial charge in [-0.25, -0.2) is 17.9 Å². The SMILES string of the molecule is Cc1cc(S(N)(=O)=O)ccc1CNCCC(=O)Nc1cc(F)ccc1C. The third-order valence-electron chi connectivity index (χ3n) is 3.96. The molecule has 0 aromatic heterocycles. The van der Waals surface area contributed by atoms with Gasteiger partial charge in [-0.15, -0.1) is 0 Å². The Morgan fingerprint density at radius 1 is 1.12 bits per heavy atom. The number of nitrogens with one attached hydrogen (secondary N) is 2. The number of benzene rings is 2. The van der Waals surface area contributed by atoms with Crippen molar-refractivity contribution in [3.8, 4) is 0 Å². The van der Waals surface area contributed by atoms with Crippen LogP contribution in [0.3, 0.4) is 0 Å². The fourth-order valence-corrected chi connectivity index (χ4v) is 3.01. The van der Waals surface area contributed by atoms with E-state index in [-0.39, 0.29) is 17.2 Å². The van der Waals surface area contributed by atoms with Crippen molar-refractivity contribution in [2.24, 2.45) is 5.14 Å².